The van der Waals surface area contributed by atoms with Crippen molar-refractivity contribution in [3.05, 3.63) is 59.7 Å². The van der Waals surface area contributed by atoms with Crippen molar-refractivity contribution in [3.63, 3.8) is 0 Å². The number of hydrogen-bond acceptors (Lipinski definition) is 3. The third-order valence-corrected chi connectivity index (χ3v) is 6.21. The van der Waals surface area contributed by atoms with E-state index in [-0.39, 0.29) is 17.7 Å². The van der Waals surface area contributed by atoms with Crippen molar-refractivity contribution in [2.75, 3.05) is 36.4 Å². The van der Waals surface area contributed by atoms with Crippen LogP contribution in [0.1, 0.15) is 55.5 Å². The van der Waals surface area contributed by atoms with Gasteiger partial charge in [0.1, 0.15) is 0 Å². The summed E-state index contributed by atoms with van der Waals surface area (Å²) in [6.45, 7) is 9.24. The van der Waals surface area contributed by atoms with E-state index < -0.39 is 0 Å². The van der Waals surface area contributed by atoms with Gasteiger partial charge in [0.2, 0.25) is 5.91 Å². The topological polar surface area (TPSA) is 52.7 Å². The zero-order chi connectivity index (χ0) is 22.2. The smallest absolute Gasteiger partial charge is 0.254 e. The maximum atomic E-state index is 12.8. The third-order valence-electron chi connectivity index (χ3n) is 6.21. The molecule has 0 aliphatic carbocycles. The van der Waals surface area contributed by atoms with Crippen LogP contribution in [-0.4, -0.2) is 42.9 Å². The number of nitrogens with one attached hydrogen (secondary N) is 1. The molecular formula is C26H35N3O2. The van der Waals surface area contributed by atoms with Crippen molar-refractivity contribution in [1.29, 1.82) is 0 Å². The monoisotopic (exact) mass is 421 g/mol. The summed E-state index contributed by atoms with van der Waals surface area (Å²) in [5, 5.41) is 3.07. The highest BCUT2D eigenvalue weighted by Gasteiger charge is 2.23. The lowest BCUT2D eigenvalue weighted by molar-refractivity contribution is -0.120. The van der Waals surface area contributed by atoms with Crippen LogP contribution in [0.4, 0.5) is 11.4 Å². The Morgan fingerprint density at radius 1 is 0.968 bits per heavy atom. The van der Waals surface area contributed by atoms with Gasteiger partial charge in [0.05, 0.1) is 0 Å². The van der Waals surface area contributed by atoms with Crippen molar-refractivity contribution >= 4 is 23.2 Å². The molecule has 5 nitrogen and oxygen atoms in total. The molecule has 31 heavy (non-hydrogen) atoms. The Labute approximate surface area is 186 Å². The highest BCUT2D eigenvalue weighted by atomic mass is 16.2. The van der Waals surface area contributed by atoms with E-state index in [0.717, 1.165) is 61.3 Å². The SMILES string of the molecule is CCCCC(CC)C(=O)Nc1ccc(N2CCN(C(=O)c3ccccc3C)CC2)cc1. The average Bonchev–Trinajstić information content (AvgIpc) is 2.80. The van der Waals surface area contributed by atoms with E-state index in [9.17, 15) is 9.59 Å². The minimum absolute atomic E-state index is 0.0819. The first kappa shape index (κ1) is 22.9. The lowest BCUT2D eigenvalue weighted by Crippen LogP contribution is -2.48. The normalized spacial score (nSPS) is 14.9. The van der Waals surface area contributed by atoms with E-state index in [2.05, 4.69) is 36.2 Å². The molecule has 5 heteroatoms. The lowest BCUT2D eigenvalue weighted by atomic mass is 9.98. The number of carbonyl (C=O) groups excluding carboxylic acids is 2. The van der Waals surface area contributed by atoms with Gasteiger partial charge in [0.15, 0.2) is 0 Å². The summed E-state index contributed by atoms with van der Waals surface area (Å²) < 4.78 is 0. The van der Waals surface area contributed by atoms with E-state index in [1.165, 1.54) is 0 Å². The van der Waals surface area contributed by atoms with Crippen molar-refractivity contribution in [2.45, 2.75) is 46.5 Å². The van der Waals surface area contributed by atoms with Crippen LogP contribution >= 0.6 is 0 Å². The summed E-state index contributed by atoms with van der Waals surface area (Å²) >= 11 is 0. The number of nitrogens with zero attached hydrogens (tertiary/aromatic N) is 2. The van der Waals surface area contributed by atoms with Crippen LogP contribution in [0.2, 0.25) is 0 Å². The lowest BCUT2D eigenvalue weighted by Gasteiger charge is -2.36. The fraction of sp³-hybridized carbons (Fsp3) is 0.462. The van der Waals surface area contributed by atoms with E-state index in [1.54, 1.807) is 0 Å². The molecule has 0 bridgehead atoms. The predicted molar refractivity (Wildman–Crippen MR) is 128 cm³/mol. The molecule has 0 aromatic heterocycles. The van der Waals surface area contributed by atoms with Gasteiger partial charge < -0.3 is 15.1 Å². The first-order valence-corrected chi connectivity index (χ1v) is 11.5. The Balaban J connectivity index is 1.54. The predicted octanol–water partition coefficient (Wildman–Crippen LogP) is 5.11. The number of anilines is 2. The van der Waals surface area contributed by atoms with Crippen LogP contribution in [0.5, 0.6) is 0 Å². The molecule has 1 aliphatic rings. The van der Waals surface area contributed by atoms with Crippen LogP contribution in [0.25, 0.3) is 0 Å². The van der Waals surface area contributed by atoms with Crippen molar-refractivity contribution in [3.8, 4) is 0 Å². The Kier molecular flexibility index (Phi) is 8.10. The van der Waals surface area contributed by atoms with Gasteiger partial charge in [0.25, 0.3) is 5.91 Å². The minimum Gasteiger partial charge on any atom is -0.368 e. The number of hydrogen-bond donors (Lipinski definition) is 1. The number of rotatable bonds is 8. The van der Waals surface area contributed by atoms with Gasteiger partial charge in [0, 0.05) is 49.0 Å². The van der Waals surface area contributed by atoms with Gasteiger partial charge in [-0.15, -0.1) is 0 Å². The molecule has 1 atom stereocenters. The quantitative estimate of drug-likeness (QED) is 0.644. The zero-order valence-electron chi connectivity index (χ0n) is 19.1. The van der Waals surface area contributed by atoms with Gasteiger partial charge in [-0.25, -0.2) is 0 Å². The third kappa shape index (κ3) is 5.87. The second kappa shape index (κ2) is 11.0. The standard InChI is InChI=1S/C26H35N3O2/c1-4-6-10-21(5-2)25(30)27-22-12-14-23(15-13-22)28-16-18-29(19-17-28)26(31)24-11-8-7-9-20(24)3/h7-9,11-15,21H,4-6,10,16-19H2,1-3H3,(H,27,30). The van der Waals surface area contributed by atoms with Gasteiger partial charge in [-0.3, -0.25) is 9.59 Å². The van der Waals surface area contributed by atoms with E-state index in [0.29, 0.717) is 13.1 Å². The second-order valence-electron chi connectivity index (χ2n) is 8.38. The summed E-state index contributed by atoms with van der Waals surface area (Å²) in [5.74, 6) is 0.315. The number of piperazine rings is 1. The molecule has 2 amide bonds. The fourth-order valence-corrected chi connectivity index (χ4v) is 4.12. The molecule has 1 unspecified atom stereocenters. The van der Waals surface area contributed by atoms with E-state index >= 15 is 0 Å². The summed E-state index contributed by atoms with van der Waals surface area (Å²) in [6.07, 6.45) is 4.02. The molecule has 0 spiro atoms. The average molecular weight is 422 g/mol. The van der Waals surface area contributed by atoms with Gasteiger partial charge in [-0.2, -0.15) is 0 Å². The molecule has 2 aromatic rings. The second-order valence-corrected chi connectivity index (χ2v) is 8.38. The van der Waals surface area contributed by atoms with E-state index in [1.807, 2.05) is 48.2 Å². The van der Waals surface area contributed by atoms with Crippen LogP contribution in [0, 0.1) is 12.8 Å². The maximum Gasteiger partial charge on any atom is 0.254 e. The minimum atomic E-state index is 0.0819. The van der Waals surface area contributed by atoms with Crippen molar-refractivity contribution in [1.82, 2.24) is 4.90 Å². The maximum absolute atomic E-state index is 12.8. The number of unbranched alkanes of at least 4 members (excludes halogenated alkanes) is 1. The van der Waals surface area contributed by atoms with Gasteiger partial charge in [-0.05, 0) is 55.7 Å². The Morgan fingerprint density at radius 3 is 2.26 bits per heavy atom. The van der Waals surface area contributed by atoms with Crippen LogP contribution in [-0.2, 0) is 4.79 Å². The van der Waals surface area contributed by atoms with E-state index in [4.69, 9.17) is 0 Å². The molecular weight excluding hydrogens is 386 g/mol. The Hall–Kier alpha value is -2.82. The first-order valence-electron chi connectivity index (χ1n) is 11.5. The van der Waals surface area contributed by atoms with Crippen molar-refractivity contribution in [2.24, 2.45) is 5.92 Å². The first-order chi connectivity index (χ1) is 15.0. The Bertz CT molecular complexity index is 870. The molecule has 166 valence electrons. The highest BCUT2D eigenvalue weighted by molar-refractivity contribution is 5.95. The molecule has 2 aromatic carbocycles. The number of amides is 2. The molecule has 1 aliphatic heterocycles. The molecule has 1 N–H and O–H groups in total. The summed E-state index contributed by atoms with van der Waals surface area (Å²) in [4.78, 5) is 29.6. The molecule has 1 saturated heterocycles. The number of aryl methyl sites for hydroxylation is 1. The zero-order valence-corrected chi connectivity index (χ0v) is 19.1. The molecule has 3 rings (SSSR count). The van der Waals surface area contributed by atoms with Crippen molar-refractivity contribution < 1.29 is 9.59 Å². The van der Waals surface area contributed by atoms with Gasteiger partial charge in [-0.1, -0.05) is 44.9 Å². The molecule has 1 heterocycles. The summed E-state index contributed by atoms with van der Waals surface area (Å²) in [7, 11) is 0. The van der Waals surface area contributed by atoms with Gasteiger partial charge >= 0.3 is 0 Å². The van der Waals surface area contributed by atoms with Crippen LogP contribution < -0.4 is 10.2 Å². The largest absolute Gasteiger partial charge is 0.368 e. The molecule has 1 fully saturated rings. The van der Waals surface area contributed by atoms with Crippen LogP contribution in [0.3, 0.4) is 0 Å². The summed E-state index contributed by atoms with van der Waals surface area (Å²) in [5.41, 5.74) is 3.78. The number of carbonyl (C=O) groups is 2. The number of benzene rings is 2. The molecule has 0 saturated carbocycles. The fourth-order valence-electron chi connectivity index (χ4n) is 4.12. The summed E-state index contributed by atoms with van der Waals surface area (Å²) in [6, 6.07) is 15.8. The van der Waals surface area contributed by atoms with Crippen LogP contribution in [0.15, 0.2) is 48.5 Å². The Morgan fingerprint density at radius 2 is 1.65 bits per heavy atom. The molecule has 0 radical (unpaired) electrons. The highest BCUT2D eigenvalue weighted by Crippen LogP contribution is 2.22.